The minimum atomic E-state index is -4.07. The van der Waals surface area contributed by atoms with Crippen molar-refractivity contribution in [3.05, 3.63) is 44.9 Å². The van der Waals surface area contributed by atoms with Crippen molar-refractivity contribution in [1.82, 2.24) is 9.88 Å². The maximum absolute atomic E-state index is 11.9. The van der Waals surface area contributed by atoms with Crippen LogP contribution in [-0.4, -0.2) is 49.4 Å². The van der Waals surface area contributed by atoms with Crippen molar-refractivity contribution in [2.24, 2.45) is 5.14 Å². The molecule has 9 nitrogen and oxygen atoms in total. The van der Waals surface area contributed by atoms with Crippen LogP contribution in [0.15, 0.2) is 34.0 Å². The summed E-state index contributed by atoms with van der Waals surface area (Å²) in [6, 6.07) is 3.80. The Morgan fingerprint density at radius 1 is 1.27 bits per heavy atom. The third kappa shape index (κ3) is 4.36. The number of anilines is 1. The molecule has 1 fully saturated rings. The molecule has 0 atom stereocenters. The van der Waals surface area contributed by atoms with Gasteiger partial charge >= 0.3 is 0 Å². The van der Waals surface area contributed by atoms with Gasteiger partial charge in [0, 0.05) is 50.2 Å². The van der Waals surface area contributed by atoms with Crippen LogP contribution in [0.2, 0.25) is 0 Å². The lowest BCUT2D eigenvalue weighted by atomic mass is 10.2. The molecule has 1 aromatic heterocycles. The molecule has 2 N–H and O–H groups in total. The molecule has 0 aliphatic carbocycles. The van der Waals surface area contributed by atoms with Crippen molar-refractivity contribution < 1.29 is 13.3 Å². The number of hydrogen-bond donors (Lipinski definition) is 1. The number of primary sulfonamides is 1. The summed E-state index contributed by atoms with van der Waals surface area (Å²) < 4.78 is 23.9. The van der Waals surface area contributed by atoms with Gasteiger partial charge in [-0.2, -0.15) is 0 Å². The van der Waals surface area contributed by atoms with Crippen molar-refractivity contribution >= 4 is 32.7 Å². The summed E-state index contributed by atoms with van der Waals surface area (Å²) in [5.74, 6) is 0. The highest BCUT2D eigenvalue weighted by Crippen LogP contribution is 2.29. The van der Waals surface area contributed by atoms with Gasteiger partial charge in [-0.25, -0.2) is 18.5 Å². The highest BCUT2D eigenvalue weighted by atomic mass is 32.2. The summed E-state index contributed by atoms with van der Waals surface area (Å²) in [4.78, 5) is 18.6. The van der Waals surface area contributed by atoms with E-state index in [4.69, 9.17) is 5.14 Å². The van der Waals surface area contributed by atoms with E-state index in [1.165, 1.54) is 12.1 Å². The molecule has 0 spiro atoms. The molecule has 26 heavy (non-hydrogen) atoms. The standard InChI is InChI=1S/C15H19N5O4S2/c16-26(23,24)15-8-13(20(21)22)2-3-14(15)19-5-1-4-18(6-7-19)9-12-10-25-11-17-12/h2-3,8,10-11H,1,4-7,9H2,(H2,16,23,24). The van der Waals surface area contributed by atoms with E-state index in [1.54, 1.807) is 16.8 Å². The van der Waals surface area contributed by atoms with Gasteiger partial charge in [0.05, 0.1) is 21.8 Å². The van der Waals surface area contributed by atoms with Crippen LogP contribution in [0.3, 0.4) is 0 Å². The van der Waals surface area contributed by atoms with Gasteiger partial charge < -0.3 is 4.90 Å². The first-order chi connectivity index (χ1) is 12.3. The molecule has 0 radical (unpaired) electrons. The van der Waals surface area contributed by atoms with E-state index < -0.39 is 14.9 Å². The smallest absolute Gasteiger partial charge is 0.270 e. The highest BCUT2D eigenvalue weighted by Gasteiger charge is 2.24. The number of rotatable bonds is 5. The van der Waals surface area contributed by atoms with E-state index in [1.807, 2.05) is 10.3 Å². The monoisotopic (exact) mass is 397 g/mol. The van der Waals surface area contributed by atoms with E-state index >= 15 is 0 Å². The molecule has 2 aromatic rings. The normalized spacial score (nSPS) is 16.4. The molecule has 0 amide bonds. The molecule has 140 valence electrons. The zero-order chi connectivity index (χ0) is 18.7. The largest absolute Gasteiger partial charge is 0.369 e. The quantitative estimate of drug-likeness (QED) is 0.598. The van der Waals surface area contributed by atoms with E-state index in [0.29, 0.717) is 18.8 Å². The third-order valence-electron chi connectivity index (χ3n) is 4.26. The summed E-state index contributed by atoms with van der Waals surface area (Å²) in [5, 5.41) is 18.3. The highest BCUT2D eigenvalue weighted by molar-refractivity contribution is 7.89. The zero-order valence-corrected chi connectivity index (χ0v) is 15.6. The Bertz CT molecular complexity index is 885. The van der Waals surface area contributed by atoms with Crippen molar-refractivity contribution in [3.63, 3.8) is 0 Å². The molecular weight excluding hydrogens is 378 g/mol. The Labute approximate surface area is 155 Å². The van der Waals surface area contributed by atoms with Gasteiger partial charge in [0.2, 0.25) is 10.0 Å². The van der Waals surface area contributed by atoms with Gasteiger partial charge in [-0.05, 0) is 12.5 Å². The summed E-state index contributed by atoms with van der Waals surface area (Å²) in [5.41, 5.74) is 2.93. The number of aromatic nitrogens is 1. The number of benzene rings is 1. The SMILES string of the molecule is NS(=O)(=O)c1cc([N+](=O)[O-])ccc1N1CCCN(Cc2cscn2)CC1. The van der Waals surface area contributed by atoms with E-state index in [9.17, 15) is 18.5 Å². The molecule has 0 bridgehead atoms. The fraction of sp³-hybridized carbons (Fsp3) is 0.400. The van der Waals surface area contributed by atoms with Crippen molar-refractivity contribution in [3.8, 4) is 0 Å². The maximum Gasteiger partial charge on any atom is 0.270 e. The molecule has 0 saturated carbocycles. The Balaban J connectivity index is 1.81. The molecule has 11 heteroatoms. The van der Waals surface area contributed by atoms with Crippen LogP contribution in [0, 0.1) is 10.1 Å². The number of nitrogens with two attached hydrogens (primary N) is 1. The van der Waals surface area contributed by atoms with Crippen LogP contribution >= 0.6 is 11.3 Å². The fourth-order valence-electron chi connectivity index (χ4n) is 3.02. The molecule has 1 aliphatic heterocycles. The first kappa shape index (κ1) is 18.7. The van der Waals surface area contributed by atoms with E-state index in [0.717, 1.165) is 37.8 Å². The molecule has 1 aromatic carbocycles. The minimum Gasteiger partial charge on any atom is -0.369 e. The van der Waals surface area contributed by atoms with Crippen molar-refractivity contribution in [2.45, 2.75) is 17.9 Å². The number of nitro groups is 1. The molecule has 0 unspecified atom stereocenters. The van der Waals surface area contributed by atoms with E-state index in [-0.39, 0.29) is 10.6 Å². The average Bonchev–Trinajstić information content (AvgIpc) is 2.98. The van der Waals surface area contributed by atoms with Crippen LogP contribution < -0.4 is 10.0 Å². The van der Waals surface area contributed by atoms with Crippen LogP contribution in [-0.2, 0) is 16.6 Å². The Morgan fingerprint density at radius 2 is 2.08 bits per heavy atom. The van der Waals surface area contributed by atoms with Crippen molar-refractivity contribution in [2.75, 3.05) is 31.1 Å². The van der Waals surface area contributed by atoms with Gasteiger partial charge in [0.25, 0.3) is 5.69 Å². The summed E-state index contributed by atoms with van der Waals surface area (Å²) >= 11 is 1.56. The summed E-state index contributed by atoms with van der Waals surface area (Å²) in [7, 11) is -4.07. The molecule has 2 heterocycles. The Morgan fingerprint density at radius 3 is 2.73 bits per heavy atom. The number of non-ortho nitro benzene ring substituents is 1. The first-order valence-electron chi connectivity index (χ1n) is 8.00. The predicted molar refractivity (Wildman–Crippen MR) is 98.7 cm³/mol. The number of nitrogens with zero attached hydrogens (tertiary/aromatic N) is 4. The lowest BCUT2D eigenvalue weighted by molar-refractivity contribution is -0.385. The number of hydrogen-bond acceptors (Lipinski definition) is 8. The van der Waals surface area contributed by atoms with Gasteiger partial charge in [-0.1, -0.05) is 0 Å². The molecular formula is C15H19N5O4S2. The Kier molecular flexibility index (Phi) is 5.51. The van der Waals surface area contributed by atoms with Gasteiger partial charge in [0.1, 0.15) is 4.90 Å². The van der Waals surface area contributed by atoms with Crippen LogP contribution in [0.4, 0.5) is 11.4 Å². The lowest BCUT2D eigenvalue weighted by Gasteiger charge is -2.25. The molecule has 1 saturated heterocycles. The van der Waals surface area contributed by atoms with Crippen molar-refractivity contribution in [1.29, 1.82) is 0 Å². The minimum absolute atomic E-state index is 0.209. The topological polar surface area (TPSA) is 123 Å². The first-order valence-corrected chi connectivity index (χ1v) is 10.5. The second-order valence-electron chi connectivity index (χ2n) is 6.05. The fourth-order valence-corrected chi connectivity index (χ4v) is 4.34. The third-order valence-corrected chi connectivity index (χ3v) is 5.83. The second kappa shape index (κ2) is 7.66. The zero-order valence-electron chi connectivity index (χ0n) is 13.9. The van der Waals surface area contributed by atoms with Gasteiger partial charge in [0.15, 0.2) is 0 Å². The average molecular weight is 397 g/mol. The summed E-state index contributed by atoms with van der Waals surface area (Å²) in [6.45, 7) is 3.60. The summed E-state index contributed by atoms with van der Waals surface area (Å²) in [6.07, 6.45) is 0.838. The number of nitro benzene ring substituents is 1. The van der Waals surface area contributed by atoms with Gasteiger partial charge in [-0.15, -0.1) is 11.3 Å². The van der Waals surface area contributed by atoms with Gasteiger partial charge in [-0.3, -0.25) is 15.0 Å². The van der Waals surface area contributed by atoms with Crippen LogP contribution in [0.5, 0.6) is 0 Å². The second-order valence-corrected chi connectivity index (χ2v) is 8.30. The maximum atomic E-state index is 11.9. The van der Waals surface area contributed by atoms with E-state index in [2.05, 4.69) is 9.88 Å². The molecule has 3 rings (SSSR count). The molecule has 1 aliphatic rings. The number of thiazole rings is 1. The van der Waals surface area contributed by atoms with Crippen LogP contribution in [0.25, 0.3) is 0 Å². The number of sulfonamides is 1. The lowest BCUT2D eigenvalue weighted by Crippen LogP contribution is -2.31. The van der Waals surface area contributed by atoms with Crippen LogP contribution in [0.1, 0.15) is 12.1 Å². The predicted octanol–water partition coefficient (Wildman–Crippen LogP) is 1.41. The Hall–Kier alpha value is -2.08.